The van der Waals surface area contributed by atoms with Crippen LogP contribution in [0.4, 0.5) is 0 Å². The summed E-state index contributed by atoms with van der Waals surface area (Å²) in [5.74, 6) is -0.236. The smallest absolute Gasteiger partial charge is 0.394 e. The molecule has 54 heavy (non-hydrogen) atoms. The number of nitrogens with one attached hydrogen (secondary N) is 1. The van der Waals surface area contributed by atoms with Crippen molar-refractivity contribution in [3.8, 4) is 0 Å². The van der Waals surface area contributed by atoms with E-state index in [1.165, 1.54) is 103 Å². The van der Waals surface area contributed by atoms with E-state index in [-0.39, 0.29) is 18.9 Å². The monoisotopic (exact) mass is 794 g/mol. The fourth-order valence-corrected chi connectivity index (χ4v) is 7.43. The molecule has 7 atom stereocenters. The molecule has 1 fully saturated rings. The van der Waals surface area contributed by atoms with Gasteiger partial charge in [-0.05, 0) is 38.5 Å². The standard InChI is InChI=1S/C41H79NO11S/c1-3-5-7-9-11-13-15-16-17-18-19-20-21-23-25-27-29-31-37(45)42-34(35(44)30-28-26-24-22-14-12-10-8-6-4-2)33-51-41-39(47)40(53-54(48,49)50)38(46)36(32-43)52-41/h16-17,34-36,38-41,43-44,46-47H,3-15,18-33H2,1-2H3,(H,42,45)(H,48,49,50)/b17-16-. The minimum Gasteiger partial charge on any atom is -0.394 e. The second-order valence-corrected chi connectivity index (χ2v) is 16.3. The summed E-state index contributed by atoms with van der Waals surface area (Å²) in [7, 11) is -5.07. The van der Waals surface area contributed by atoms with Gasteiger partial charge >= 0.3 is 10.4 Å². The van der Waals surface area contributed by atoms with Gasteiger partial charge in [0.05, 0.1) is 25.4 Å². The summed E-state index contributed by atoms with van der Waals surface area (Å²) in [5, 5.41) is 44.6. The van der Waals surface area contributed by atoms with Crippen molar-refractivity contribution >= 4 is 16.3 Å². The Balaban J connectivity index is 2.51. The third-order valence-corrected chi connectivity index (χ3v) is 10.8. The van der Waals surface area contributed by atoms with Crippen LogP contribution >= 0.6 is 0 Å². The molecular weight excluding hydrogens is 715 g/mol. The zero-order valence-corrected chi connectivity index (χ0v) is 34.6. The number of unbranched alkanes of at least 4 members (excludes halogenated alkanes) is 22. The summed E-state index contributed by atoms with van der Waals surface area (Å²) < 4.78 is 47.5. The molecule has 1 rings (SSSR count). The Labute approximate surface area is 328 Å². The molecule has 0 aromatic heterocycles. The summed E-state index contributed by atoms with van der Waals surface area (Å²) in [5.41, 5.74) is 0. The third-order valence-electron chi connectivity index (χ3n) is 10.3. The van der Waals surface area contributed by atoms with Crippen LogP contribution in [0.15, 0.2) is 12.2 Å². The maximum absolute atomic E-state index is 13.0. The zero-order valence-electron chi connectivity index (χ0n) is 33.8. The fraction of sp³-hybridized carbons (Fsp3) is 0.927. The highest BCUT2D eigenvalue weighted by Gasteiger charge is 2.48. The lowest BCUT2D eigenvalue weighted by molar-refractivity contribution is -0.298. The van der Waals surface area contributed by atoms with Crippen LogP contribution in [0.3, 0.4) is 0 Å². The maximum Gasteiger partial charge on any atom is 0.397 e. The molecule has 1 amide bonds. The van der Waals surface area contributed by atoms with Gasteiger partial charge in [0.1, 0.15) is 24.4 Å². The Hall–Kier alpha value is -1.16. The van der Waals surface area contributed by atoms with E-state index in [1.807, 2.05) is 0 Å². The second kappa shape index (κ2) is 32.9. The lowest BCUT2D eigenvalue weighted by Gasteiger charge is -2.41. The number of hydrogen-bond acceptors (Lipinski definition) is 10. The number of amides is 1. The van der Waals surface area contributed by atoms with Gasteiger partial charge in [-0.1, -0.05) is 154 Å². The lowest BCUT2D eigenvalue weighted by atomic mass is 9.99. The van der Waals surface area contributed by atoms with E-state index in [1.54, 1.807) is 0 Å². The average Bonchev–Trinajstić information content (AvgIpc) is 3.14. The molecule has 0 spiro atoms. The van der Waals surface area contributed by atoms with Gasteiger partial charge in [0.2, 0.25) is 5.91 Å². The van der Waals surface area contributed by atoms with E-state index in [9.17, 15) is 33.6 Å². The number of carbonyl (C=O) groups excluding carboxylic acids is 1. The van der Waals surface area contributed by atoms with Crippen LogP contribution in [-0.4, -0.2) is 95.4 Å². The number of aliphatic hydroxyl groups excluding tert-OH is 4. The topological polar surface area (TPSA) is 192 Å². The summed E-state index contributed by atoms with van der Waals surface area (Å²) in [6.45, 7) is 3.40. The van der Waals surface area contributed by atoms with Gasteiger partial charge in [-0.3, -0.25) is 9.35 Å². The Kier molecular flexibility index (Phi) is 31.0. The Morgan fingerprint density at radius 2 is 1.19 bits per heavy atom. The highest BCUT2D eigenvalue weighted by molar-refractivity contribution is 7.80. The van der Waals surface area contributed by atoms with Crippen molar-refractivity contribution in [2.24, 2.45) is 0 Å². The van der Waals surface area contributed by atoms with E-state index >= 15 is 0 Å². The van der Waals surface area contributed by atoms with E-state index in [4.69, 9.17) is 14.0 Å². The van der Waals surface area contributed by atoms with Crippen molar-refractivity contribution in [3.05, 3.63) is 12.2 Å². The highest BCUT2D eigenvalue weighted by Crippen LogP contribution is 2.26. The third kappa shape index (κ3) is 25.9. The van der Waals surface area contributed by atoms with Gasteiger partial charge in [0.15, 0.2) is 6.29 Å². The number of carbonyl (C=O) groups is 1. The molecule has 1 saturated heterocycles. The number of aliphatic hydroxyl groups is 4. The van der Waals surface area contributed by atoms with Crippen LogP contribution in [0, 0.1) is 0 Å². The van der Waals surface area contributed by atoms with Crippen LogP contribution in [0.5, 0.6) is 0 Å². The molecule has 0 aromatic carbocycles. The molecule has 0 aromatic rings. The molecule has 1 aliphatic heterocycles. The van der Waals surface area contributed by atoms with Gasteiger partial charge in [-0.15, -0.1) is 0 Å². The minimum atomic E-state index is -5.07. The van der Waals surface area contributed by atoms with Crippen LogP contribution in [0.25, 0.3) is 0 Å². The van der Waals surface area contributed by atoms with Gasteiger partial charge in [0.25, 0.3) is 0 Å². The first-order valence-corrected chi connectivity index (χ1v) is 22.9. The highest BCUT2D eigenvalue weighted by atomic mass is 32.3. The second-order valence-electron chi connectivity index (χ2n) is 15.3. The Bertz CT molecular complexity index is 1030. The SMILES string of the molecule is CCCCCCCC/C=C\CCCCCCCCCC(=O)NC(COC1OC(CO)C(O)C(OS(=O)(=O)O)C1O)C(O)CCCCCCCCCCCC. The number of allylic oxidation sites excluding steroid dienone is 2. The molecule has 0 saturated carbocycles. The summed E-state index contributed by atoms with van der Waals surface area (Å²) in [4.78, 5) is 13.0. The molecule has 320 valence electrons. The molecule has 1 aliphatic rings. The summed E-state index contributed by atoms with van der Waals surface area (Å²) in [6.07, 6.45) is 25.1. The van der Waals surface area contributed by atoms with E-state index in [0.29, 0.717) is 12.8 Å². The summed E-state index contributed by atoms with van der Waals surface area (Å²) in [6, 6.07) is -0.855. The minimum absolute atomic E-state index is 0.236. The number of hydrogen-bond donors (Lipinski definition) is 6. The normalized spacial score (nSPS) is 21.8. The van der Waals surface area contributed by atoms with Crippen molar-refractivity contribution < 1.29 is 51.8 Å². The van der Waals surface area contributed by atoms with Crippen molar-refractivity contribution in [2.45, 2.75) is 230 Å². The number of rotatable bonds is 36. The van der Waals surface area contributed by atoms with E-state index < -0.39 is 59.9 Å². The van der Waals surface area contributed by atoms with Gasteiger partial charge < -0.3 is 35.2 Å². The van der Waals surface area contributed by atoms with Crippen molar-refractivity contribution in [2.75, 3.05) is 13.2 Å². The molecule has 7 unspecified atom stereocenters. The first-order valence-electron chi connectivity index (χ1n) is 21.6. The molecule has 12 nitrogen and oxygen atoms in total. The van der Waals surface area contributed by atoms with E-state index in [0.717, 1.165) is 51.4 Å². The van der Waals surface area contributed by atoms with E-state index in [2.05, 4.69) is 35.5 Å². The predicted octanol–water partition coefficient (Wildman–Crippen LogP) is 7.60. The fourth-order valence-electron chi connectivity index (χ4n) is 6.92. The van der Waals surface area contributed by atoms with Gasteiger partial charge in [-0.25, -0.2) is 4.18 Å². The Morgan fingerprint density at radius 3 is 1.67 bits per heavy atom. The predicted molar refractivity (Wildman–Crippen MR) is 213 cm³/mol. The van der Waals surface area contributed by atoms with Gasteiger partial charge in [0, 0.05) is 6.42 Å². The van der Waals surface area contributed by atoms with Crippen LogP contribution in [-0.2, 0) is 28.9 Å². The molecule has 1 heterocycles. The number of ether oxygens (including phenoxy) is 2. The maximum atomic E-state index is 13.0. The largest absolute Gasteiger partial charge is 0.397 e. The molecule has 0 radical (unpaired) electrons. The first kappa shape index (κ1) is 50.9. The van der Waals surface area contributed by atoms with Crippen molar-refractivity contribution in [1.82, 2.24) is 5.32 Å². The molecule has 6 N–H and O–H groups in total. The molecular formula is C41H79NO11S. The summed E-state index contributed by atoms with van der Waals surface area (Å²) >= 11 is 0. The first-order chi connectivity index (χ1) is 26.0. The Morgan fingerprint density at radius 1 is 0.722 bits per heavy atom. The molecule has 0 aliphatic carbocycles. The van der Waals surface area contributed by atoms with Crippen LogP contribution < -0.4 is 5.32 Å². The lowest BCUT2D eigenvalue weighted by Crippen LogP contribution is -2.61. The van der Waals surface area contributed by atoms with Crippen molar-refractivity contribution in [3.63, 3.8) is 0 Å². The van der Waals surface area contributed by atoms with Crippen LogP contribution in [0.2, 0.25) is 0 Å². The molecule has 0 bridgehead atoms. The molecule has 13 heteroatoms. The van der Waals surface area contributed by atoms with Crippen molar-refractivity contribution in [1.29, 1.82) is 0 Å². The van der Waals surface area contributed by atoms with Crippen LogP contribution in [0.1, 0.15) is 187 Å². The van der Waals surface area contributed by atoms with Gasteiger partial charge in [-0.2, -0.15) is 8.42 Å². The zero-order chi connectivity index (χ0) is 39.9. The average molecular weight is 794 g/mol. The quantitative estimate of drug-likeness (QED) is 0.0208.